The van der Waals surface area contributed by atoms with Crippen LogP contribution in [0.2, 0.25) is 0 Å². The zero-order valence-electron chi connectivity index (χ0n) is 12.6. The molecule has 0 spiro atoms. The number of rotatable bonds is 4. The van der Waals surface area contributed by atoms with Crippen LogP contribution < -0.4 is 11.2 Å². The predicted octanol–water partition coefficient (Wildman–Crippen LogP) is 0.310. The van der Waals surface area contributed by atoms with Crippen molar-refractivity contribution < 1.29 is 14.6 Å². The maximum Gasteiger partial charge on any atom is 0.330 e. The van der Waals surface area contributed by atoms with E-state index in [9.17, 15) is 14.7 Å². The van der Waals surface area contributed by atoms with Crippen molar-refractivity contribution in [1.29, 1.82) is 0 Å². The van der Waals surface area contributed by atoms with Gasteiger partial charge in [-0.15, -0.1) is 0 Å². The third-order valence-corrected chi connectivity index (χ3v) is 4.09. The van der Waals surface area contributed by atoms with Gasteiger partial charge in [0.1, 0.15) is 17.9 Å². The Labute approximate surface area is 122 Å². The summed E-state index contributed by atoms with van der Waals surface area (Å²) in [7, 11) is 0. The zero-order chi connectivity index (χ0) is 15.6. The largest absolute Gasteiger partial charge is 0.388 e. The van der Waals surface area contributed by atoms with Crippen molar-refractivity contribution in [2.24, 2.45) is 0 Å². The van der Waals surface area contributed by atoms with Crippen molar-refractivity contribution in [2.45, 2.75) is 51.5 Å². The zero-order valence-corrected chi connectivity index (χ0v) is 12.6. The van der Waals surface area contributed by atoms with Gasteiger partial charge in [0.15, 0.2) is 0 Å². The van der Waals surface area contributed by atoms with E-state index in [4.69, 9.17) is 9.47 Å². The summed E-state index contributed by atoms with van der Waals surface area (Å²) in [5.74, 6) is 0. The number of nitrogens with one attached hydrogen (secondary N) is 1. The van der Waals surface area contributed by atoms with Crippen LogP contribution in [0.5, 0.6) is 0 Å². The number of aryl methyl sites for hydroxylation is 1. The van der Waals surface area contributed by atoms with Gasteiger partial charge in [-0.2, -0.15) is 0 Å². The summed E-state index contributed by atoms with van der Waals surface area (Å²) < 4.78 is 12.6. The van der Waals surface area contributed by atoms with E-state index < -0.39 is 29.2 Å². The van der Waals surface area contributed by atoms with Crippen LogP contribution in [0.3, 0.4) is 0 Å². The maximum atomic E-state index is 11.9. The molecule has 1 aliphatic rings. The summed E-state index contributed by atoms with van der Waals surface area (Å²) in [5.41, 5.74) is -1.23. The number of aliphatic hydroxyl groups excluding tert-OH is 1. The minimum Gasteiger partial charge on any atom is -0.388 e. The number of hydrogen-bond donors (Lipinski definition) is 2. The van der Waals surface area contributed by atoms with E-state index in [0.717, 1.165) is 0 Å². The molecule has 0 bridgehead atoms. The van der Waals surface area contributed by atoms with Crippen LogP contribution in [0.1, 0.15) is 38.5 Å². The van der Waals surface area contributed by atoms with Gasteiger partial charge < -0.3 is 14.6 Å². The highest BCUT2D eigenvalue weighted by Gasteiger charge is 2.41. The van der Waals surface area contributed by atoms with E-state index in [0.29, 0.717) is 25.0 Å². The third-order valence-electron chi connectivity index (χ3n) is 4.09. The van der Waals surface area contributed by atoms with Gasteiger partial charge in [-0.3, -0.25) is 14.3 Å². The molecule has 3 atom stereocenters. The van der Waals surface area contributed by atoms with E-state index in [1.165, 1.54) is 10.8 Å². The molecule has 1 fully saturated rings. The first-order valence-corrected chi connectivity index (χ1v) is 7.15. The second kappa shape index (κ2) is 6.13. The number of ether oxygens (including phenoxy) is 2. The van der Waals surface area contributed by atoms with E-state index in [1.54, 1.807) is 13.8 Å². The molecule has 21 heavy (non-hydrogen) atoms. The smallest absolute Gasteiger partial charge is 0.330 e. The molecule has 0 aliphatic carbocycles. The van der Waals surface area contributed by atoms with E-state index in [1.807, 2.05) is 6.92 Å². The quantitative estimate of drug-likeness (QED) is 0.834. The van der Waals surface area contributed by atoms with Crippen LogP contribution in [0.25, 0.3) is 0 Å². The van der Waals surface area contributed by atoms with Crippen molar-refractivity contribution in [1.82, 2.24) is 9.55 Å². The Kier molecular flexibility index (Phi) is 4.65. The van der Waals surface area contributed by atoms with Crippen LogP contribution >= 0.6 is 0 Å². The van der Waals surface area contributed by atoms with E-state index in [-0.39, 0.29) is 6.61 Å². The van der Waals surface area contributed by atoms with Gasteiger partial charge in [0, 0.05) is 24.8 Å². The fraction of sp³-hybridized carbons (Fsp3) is 0.714. The molecule has 0 radical (unpaired) electrons. The summed E-state index contributed by atoms with van der Waals surface area (Å²) in [4.78, 5) is 25.6. The fourth-order valence-electron chi connectivity index (χ4n) is 2.64. The van der Waals surface area contributed by atoms with Gasteiger partial charge in [0.2, 0.25) is 0 Å². The summed E-state index contributed by atoms with van der Waals surface area (Å²) in [6.07, 6.45) is 1.31. The van der Waals surface area contributed by atoms with Gasteiger partial charge in [-0.25, -0.2) is 4.79 Å². The Morgan fingerprint density at radius 1 is 1.62 bits per heavy atom. The summed E-state index contributed by atoms with van der Waals surface area (Å²) >= 11 is 0. The highest BCUT2D eigenvalue weighted by atomic mass is 16.6. The molecule has 0 aromatic carbocycles. The normalized spacial score (nSPS) is 27.5. The monoisotopic (exact) mass is 298 g/mol. The first-order valence-electron chi connectivity index (χ1n) is 7.15. The van der Waals surface area contributed by atoms with Crippen molar-refractivity contribution >= 4 is 0 Å². The average molecular weight is 298 g/mol. The Bertz CT molecular complexity index is 608. The molecule has 2 unspecified atom stereocenters. The molecule has 1 aromatic rings. The van der Waals surface area contributed by atoms with Crippen LogP contribution in [-0.4, -0.2) is 39.6 Å². The molecule has 0 saturated carbocycles. The highest BCUT2D eigenvalue weighted by molar-refractivity contribution is 5.01. The van der Waals surface area contributed by atoms with Gasteiger partial charge >= 0.3 is 5.69 Å². The molecule has 7 heteroatoms. The van der Waals surface area contributed by atoms with Crippen LogP contribution in [0, 0.1) is 6.92 Å². The standard InChI is InChI=1S/C14H22N2O5/c1-4-14(5-6-20-8-11(14)17)21-10(3)16-7-9(2)12(18)15-13(16)19/h7,10-11,17H,4-6,8H2,1-3H3,(H,15,18,19)/t10?,11?,14-/m0/s1. The molecule has 118 valence electrons. The second-order valence-corrected chi connectivity index (χ2v) is 5.45. The lowest BCUT2D eigenvalue weighted by Gasteiger charge is -2.42. The third kappa shape index (κ3) is 3.09. The lowest BCUT2D eigenvalue weighted by atomic mass is 9.88. The molecule has 0 amide bonds. The second-order valence-electron chi connectivity index (χ2n) is 5.45. The number of hydrogen-bond acceptors (Lipinski definition) is 5. The molecule has 2 rings (SSSR count). The minimum atomic E-state index is -0.738. The van der Waals surface area contributed by atoms with Gasteiger partial charge in [-0.05, 0) is 20.3 Å². The lowest BCUT2D eigenvalue weighted by molar-refractivity contribution is -0.218. The predicted molar refractivity (Wildman–Crippen MR) is 76.3 cm³/mol. The lowest BCUT2D eigenvalue weighted by Crippen LogP contribution is -2.52. The highest BCUT2D eigenvalue weighted by Crippen LogP contribution is 2.32. The van der Waals surface area contributed by atoms with E-state index >= 15 is 0 Å². The molecule has 1 saturated heterocycles. The molecule has 1 aromatic heterocycles. The Morgan fingerprint density at radius 2 is 2.33 bits per heavy atom. The van der Waals surface area contributed by atoms with Gasteiger partial charge in [0.05, 0.1) is 6.61 Å². The summed E-state index contributed by atoms with van der Waals surface area (Å²) in [6.45, 7) is 6.01. The Hall–Kier alpha value is -1.44. The van der Waals surface area contributed by atoms with Crippen LogP contribution in [0.4, 0.5) is 0 Å². The number of aliphatic hydroxyl groups is 1. The van der Waals surface area contributed by atoms with E-state index in [2.05, 4.69) is 4.98 Å². The first-order chi connectivity index (χ1) is 9.89. The topological polar surface area (TPSA) is 93.6 Å². The van der Waals surface area contributed by atoms with Crippen molar-refractivity contribution in [2.75, 3.05) is 13.2 Å². The number of H-pyrrole nitrogens is 1. The van der Waals surface area contributed by atoms with Crippen LogP contribution in [0.15, 0.2) is 15.8 Å². The molecular formula is C14H22N2O5. The Balaban J connectivity index is 2.28. The molecule has 7 nitrogen and oxygen atoms in total. The SMILES string of the molecule is CC[C@]1(OC(C)n2cc(C)c(=O)[nH]c2=O)CCOCC1O. The minimum absolute atomic E-state index is 0.222. The molecule has 2 heterocycles. The van der Waals surface area contributed by atoms with Gasteiger partial charge in [0.25, 0.3) is 5.56 Å². The van der Waals surface area contributed by atoms with Gasteiger partial charge in [-0.1, -0.05) is 6.92 Å². The number of aromatic nitrogens is 2. The number of aromatic amines is 1. The van der Waals surface area contributed by atoms with Crippen molar-refractivity contribution in [3.05, 3.63) is 32.6 Å². The Morgan fingerprint density at radius 3 is 2.95 bits per heavy atom. The molecule has 2 N–H and O–H groups in total. The maximum absolute atomic E-state index is 11.9. The van der Waals surface area contributed by atoms with Crippen molar-refractivity contribution in [3.63, 3.8) is 0 Å². The molecular weight excluding hydrogens is 276 g/mol. The number of nitrogens with zero attached hydrogens (tertiary/aromatic N) is 1. The summed E-state index contributed by atoms with van der Waals surface area (Å²) in [5, 5.41) is 10.2. The molecule has 1 aliphatic heterocycles. The van der Waals surface area contributed by atoms with Crippen molar-refractivity contribution in [3.8, 4) is 0 Å². The average Bonchev–Trinajstić information content (AvgIpc) is 2.45. The first kappa shape index (κ1) is 15.9. The fourth-order valence-corrected chi connectivity index (χ4v) is 2.64. The van der Waals surface area contributed by atoms with Crippen LogP contribution in [-0.2, 0) is 9.47 Å². The summed E-state index contributed by atoms with van der Waals surface area (Å²) in [6, 6.07) is 0.